The smallest absolute Gasteiger partial charge is 0.251 e. The Morgan fingerprint density at radius 2 is 2.29 bits per heavy atom. The molecule has 0 saturated carbocycles. The molecule has 1 amide bonds. The summed E-state index contributed by atoms with van der Waals surface area (Å²) in [5.74, 6) is 0.0445. The van der Waals surface area contributed by atoms with Gasteiger partial charge in [0, 0.05) is 18.2 Å². The minimum atomic E-state index is 0.0429. The van der Waals surface area contributed by atoms with Gasteiger partial charge in [0.1, 0.15) is 0 Å². The number of nitrogens with two attached hydrogens (primary N) is 1. The third kappa shape index (κ3) is 2.67. The van der Waals surface area contributed by atoms with Gasteiger partial charge in [0.15, 0.2) is 0 Å². The number of fused-ring (bicyclic) bond motifs is 1. The number of nitrogens with one attached hydrogen (secondary N) is 1. The molecule has 3 nitrogen and oxygen atoms in total. The standard InChI is InChI=1S/C14H20N2O/c1-2-4-13(15)11-7-6-10-5-3-8-16-14(17)12(10)9-11/h6-7,9,13H,2-5,8,15H2,1H3,(H,16,17). The van der Waals surface area contributed by atoms with Crippen molar-refractivity contribution in [3.63, 3.8) is 0 Å². The first-order valence-electron chi connectivity index (χ1n) is 6.39. The second-order valence-corrected chi connectivity index (χ2v) is 4.67. The first-order chi connectivity index (χ1) is 8.22. The largest absolute Gasteiger partial charge is 0.352 e. The summed E-state index contributed by atoms with van der Waals surface area (Å²) in [5.41, 5.74) is 9.12. The maximum absolute atomic E-state index is 11.9. The summed E-state index contributed by atoms with van der Waals surface area (Å²) in [6.45, 7) is 2.89. The summed E-state index contributed by atoms with van der Waals surface area (Å²) < 4.78 is 0. The Bertz CT molecular complexity index is 415. The summed E-state index contributed by atoms with van der Waals surface area (Å²) in [4.78, 5) is 11.9. The van der Waals surface area contributed by atoms with Gasteiger partial charge in [-0.25, -0.2) is 0 Å². The van der Waals surface area contributed by atoms with Gasteiger partial charge in [0.05, 0.1) is 0 Å². The molecule has 0 radical (unpaired) electrons. The zero-order valence-corrected chi connectivity index (χ0v) is 10.3. The Balaban J connectivity index is 2.31. The highest BCUT2D eigenvalue weighted by Gasteiger charge is 2.16. The molecule has 1 aromatic carbocycles. The summed E-state index contributed by atoms with van der Waals surface area (Å²) in [5, 5.41) is 2.92. The zero-order valence-electron chi connectivity index (χ0n) is 10.3. The molecule has 17 heavy (non-hydrogen) atoms. The lowest BCUT2D eigenvalue weighted by molar-refractivity contribution is 0.0956. The van der Waals surface area contributed by atoms with Crippen LogP contribution in [0.15, 0.2) is 18.2 Å². The monoisotopic (exact) mass is 232 g/mol. The van der Waals surface area contributed by atoms with Gasteiger partial charge < -0.3 is 11.1 Å². The van der Waals surface area contributed by atoms with Crippen LogP contribution in [0.4, 0.5) is 0 Å². The van der Waals surface area contributed by atoms with Crippen molar-refractivity contribution in [1.29, 1.82) is 0 Å². The van der Waals surface area contributed by atoms with Gasteiger partial charge in [0.25, 0.3) is 5.91 Å². The van der Waals surface area contributed by atoms with Crippen LogP contribution in [0, 0.1) is 0 Å². The molecular formula is C14H20N2O. The summed E-state index contributed by atoms with van der Waals surface area (Å²) >= 11 is 0. The first kappa shape index (κ1) is 12.1. The second kappa shape index (κ2) is 5.32. The molecule has 1 unspecified atom stereocenters. The number of aryl methyl sites for hydroxylation is 1. The highest BCUT2D eigenvalue weighted by molar-refractivity contribution is 5.96. The van der Waals surface area contributed by atoms with Gasteiger partial charge in [-0.2, -0.15) is 0 Å². The zero-order chi connectivity index (χ0) is 12.3. The molecule has 0 aliphatic carbocycles. The molecule has 3 heteroatoms. The average Bonchev–Trinajstić information content (AvgIpc) is 2.51. The lowest BCUT2D eigenvalue weighted by atomic mass is 9.96. The predicted molar refractivity (Wildman–Crippen MR) is 68.9 cm³/mol. The van der Waals surface area contributed by atoms with E-state index in [-0.39, 0.29) is 11.9 Å². The van der Waals surface area contributed by atoms with Gasteiger partial charge in [-0.3, -0.25) is 4.79 Å². The molecule has 3 N–H and O–H groups in total. The van der Waals surface area contributed by atoms with Crippen LogP contribution in [0.1, 0.15) is 53.7 Å². The van der Waals surface area contributed by atoms with Crippen molar-refractivity contribution < 1.29 is 4.79 Å². The average molecular weight is 232 g/mol. The van der Waals surface area contributed by atoms with Crippen molar-refractivity contribution in [1.82, 2.24) is 5.32 Å². The van der Waals surface area contributed by atoms with Crippen LogP contribution in [0.5, 0.6) is 0 Å². The molecule has 92 valence electrons. The van der Waals surface area contributed by atoms with Crippen LogP contribution in [0.25, 0.3) is 0 Å². The number of rotatable bonds is 3. The molecule has 0 bridgehead atoms. The molecule has 1 aliphatic rings. The van der Waals surface area contributed by atoms with E-state index in [1.807, 2.05) is 6.07 Å². The van der Waals surface area contributed by atoms with Crippen LogP contribution in [-0.2, 0) is 6.42 Å². The highest BCUT2D eigenvalue weighted by atomic mass is 16.1. The lowest BCUT2D eigenvalue weighted by Gasteiger charge is -2.13. The van der Waals surface area contributed by atoms with E-state index < -0.39 is 0 Å². The number of hydrogen-bond donors (Lipinski definition) is 2. The van der Waals surface area contributed by atoms with E-state index in [2.05, 4.69) is 24.4 Å². The van der Waals surface area contributed by atoms with Crippen molar-refractivity contribution >= 4 is 5.91 Å². The normalized spacial score (nSPS) is 16.9. The minimum absolute atomic E-state index is 0.0429. The molecule has 1 heterocycles. The Kier molecular flexibility index (Phi) is 3.79. The molecule has 0 aromatic heterocycles. The third-order valence-corrected chi connectivity index (χ3v) is 3.31. The topological polar surface area (TPSA) is 55.1 Å². The molecule has 0 spiro atoms. The molecule has 0 saturated heterocycles. The van der Waals surface area contributed by atoms with E-state index in [4.69, 9.17) is 5.73 Å². The quantitative estimate of drug-likeness (QED) is 0.839. The Morgan fingerprint density at radius 3 is 3.06 bits per heavy atom. The van der Waals surface area contributed by atoms with Gasteiger partial charge in [-0.05, 0) is 36.5 Å². The number of benzene rings is 1. The maximum Gasteiger partial charge on any atom is 0.251 e. The maximum atomic E-state index is 11.9. The van der Waals surface area contributed by atoms with Crippen molar-refractivity contribution in [2.24, 2.45) is 5.73 Å². The van der Waals surface area contributed by atoms with Crippen molar-refractivity contribution in [3.05, 3.63) is 34.9 Å². The fourth-order valence-corrected chi connectivity index (χ4v) is 2.31. The van der Waals surface area contributed by atoms with Crippen LogP contribution >= 0.6 is 0 Å². The molecule has 0 fully saturated rings. The number of amides is 1. The van der Waals surface area contributed by atoms with E-state index in [0.29, 0.717) is 0 Å². The molecular weight excluding hydrogens is 212 g/mol. The number of carbonyl (C=O) groups is 1. The summed E-state index contributed by atoms with van der Waals surface area (Å²) in [6.07, 6.45) is 4.00. The Hall–Kier alpha value is -1.35. The number of carbonyl (C=O) groups excluding carboxylic acids is 1. The lowest BCUT2D eigenvalue weighted by Crippen LogP contribution is -2.23. The number of hydrogen-bond acceptors (Lipinski definition) is 2. The SMILES string of the molecule is CCCC(N)c1ccc2c(c1)C(=O)NCCC2. The predicted octanol–water partition coefficient (Wildman–Crippen LogP) is 2.16. The molecule has 1 aromatic rings. The van der Waals surface area contributed by atoms with Crippen molar-refractivity contribution in [3.8, 4) is 0 Å². The van der Waals surface area contributed by atoms with Gasteiger partial charge >= 0.3 is 0 Å². The van der Waals surface area contributed by atoms with E-state index in [1.165, 1.54) is 0 Å². The Morgan fingerprint density at radius 1 is 1.47 bits per heavy atom. The highest BCUT2D eigenvalue weighted by Crippen LogP contribution is 2.21. The van der Waals surface area contributed by atoms with Crippen molar-refractivity contribution in [2.75, 3.05) is 6.54 Å². The Labute approximate surface area is 102 Å². The van der Waals surface area contributed by atoms with Crippen LogP contribution in [0.3, 0.4) is 0 Å². The van der Waals surface area contributed by atoms with E-state index in [0.717, 1.165) is 48.9 Å². The fourth-order valence-electron chi connectivity index (χ4n) is 2.31. The summed E-state index contributed by atoms with van der Waals surface area (Å²) in [7, 11) is 0. The second-order valence-electron chi connectivity index (χ2n) is 4.67. The minimum Gasteiger partial charge on any atom is -0.352 e. The summed E-state index contributed by atoms with van der Waals surface area (Å²) in [6, 6.07) is 6.14. The van der Waals surface area contributed by atoms with E-state index in [1.54, 1.807) is 0 Å². The van der Waals surface area contributed by atoms with Crippen LogP contribution in [0.2, 0.25) is 0 Å². The molecule has 2 rings (SSSR count). The van der Waals surface area contributed by atoms with Crippen LogP contribution < -0.4 is 11.1 Å². The van der Waals surface area contributed by atoms with Gasteiger partial charge in [0.2, 0.25) is 0 Å². The fraction of sp³-hybridized carbons (Fsp3) is 0.500. The third-order valence-electron chi connectivity index (χ3n) is 3.31. The molecule has 1 atom stereocenters. The van der Waals surface area contributed by atoms with Gasteiger partial charge in [-0.15, -0.1) is 0 Å². The van der Waals surface area contributed by atoms with E-state index in [9.17, 15) is 4.79 Å². The first-order valence-corrected chi connectivity index (χ1v) is 6.39. The van der Waals surface area contributed by atoms with Crippen LogP contribution in [-0.4, -0.2) is 12.5 Å². The van der Waals surface area contributed by atoms with Crippen molar-refractivity contribution in [2.45, 2.75) is 38.6 Å². The van der Waals surface area contributed by atoms with E-state index >= 15 is 0 Å². The van der Waals surface area contributed by atoms with Gasteiger partial charge in [-0.1, -0.05) is 25.5 Å². The molecule has 1 aliphatic heterocycles.